The standard InChI is InChI=1S/C12H14NO2/c1-13-8-7-10(12(14)15-2)9-5-3-4-6-11(9)13/h3-8,12,14H,1-2H3/q+1. The normalized spacial score (nSPS) is 13.0. The quantitative estimate of drug-likeness (QED) is 0.591. The Kier molecular flexibility index (Phi) is 2.66. The number of methoxy groups -OCH3 is 1. The second kappa shape index (κ2) is 3.96. The van der Waals surface area contributed by atoms with Crippen LogP contribution in [0, 0.1) is 0 Å². The van der Waals surface area contributed by atoms with Crippen molar-refractivity contribution in [3.63, 3.8) is 0 Å². The van der Waals surface area contributed by atoms with Gasteiger partial charge in [0.15, 0.2) is 12.5 Å². The predicted molar refractivity (Wildman–Crippen MR) is 57.1 cm³/mol. The molecule has 0 aliphatic heterocycles. The maximum atomic E-state index is 9.69. The minimum Gasteiger partial charge on any atom is -0.364 e. The number of hydrogen-bond acceptors (Lipinski definition) is 2. The van der Waals surface area contributed by atoms with Crippen LogP contribution in [-0.2, 0) is 11.8 Å². The lowest BCUT2D eigenvalue weighted by Gasteiger charge is -2.10. The van der Waals surface area contributed by atoms with Crippen LogP contribution < -0.4 is 4.57 Å². The number of ether oxygens (including phenoxy) is 1. The summed E-state index contributed by atoms with van der Waals surface area (Å²) in [5.74, 6) is 0. The van der Waals surface area contributed by atoms with Crippen LogP contribution in [0.15, 0.2) is 36.5 Å². The van der Waals surface area contributed by atoms with Crippen molar-refractivity contribution >= 4 is 10.9 Å². The Labute approximate surface area is 88.5 Å². The smallest absolute Gasteiger partial charge is 0.212 e. The molecule has 1 heterocycles. The van der Waals surface area contributed by atoms with Gasteiger partial charge in [0.1, 0.15) is 7.05 Å². The third-order valence-electron chi connectivity index (χ3n) is 2.56. The number of aliphatic hydroxyl groups is 1. The third-order valence-corrected chi connectivity index (χ3v) is 2.56. The Hall–Kier alpha value is -1.45. The molecule has 2 rings (SSSR count). The van der Waals surface area contributed by atoms with Crippen molar-refractivity contribution in [2.75, 3.05) is 7.11 Å². The van der Waals surface area contributed by atoms with Crippen LogP contribution in [0.3, 0.4) is 0 Å². The van der Waals surface area contributed by atoms with Gasteiger partial charge in [-0.05, 0) is 6.07 Å². The highest BCUT2D eigenvalue weighted by Gasteiger charge is 2.14. The van der Waals surface area contributed by atoms with Crippen LogP contribution in [0.2, 0.25) is 0 Å². The maximum Gasteiger partial charge on any atom is 0.212 e. The van der Waals surface area contributed by atoms with Gasteiger partial charge in [0.2, 0.25) is 5.52 Å². The largest absolute Gasteiger partial charge is 0.364 e. The lowest BCUT2D eigenvalue weighted by atomic mass is 10.1. The van der Waals surface area contributed by atoms with E-state index in [2.05, 4.69) is 0 Å². The summed E-state index contributed by atoms with van der Waals surface area (Å²) >= 11 is 0. The van der Waals surface area contributed by atoms with Crippen molar-refractivity contribution in [3.05, 3.63) is 42.1 Å². The minimum absolute atomic E-state index is 0.797. The molecular weight excluding hydrogens is 190 g/mol. The molecule has 0 amide bonds. The molecule has 1 N–H and O–H groups in total. The molecule has 0 aliphatic rings. The van der Waals surface area contributed by atoms with E-state index in [1.165, 1.54) is 7.11 Å². The number of fused-ring (bicyclic) bond motifs is 1. The minimum atomic E-state index is -0.865. The SMILES string of the molecule is COC(O)c1cc[n+](C)c2ccccc12. The van der Waals surface area contributed by atoms with Crippen LogP contribution in [0.5, 0.6) is 0 Å². The lowest BCUT2D eigenvalue weighted by Crippen LogP contribution is -2.28. The van der Waals surface area contributed by atoms with Crippen LogP contribution in [0.1, 0.15) is 11.9 Å². The van der Waals surface area contributed by atoms with E-state index in [0.717, 1.165) is 16.5 Å². The number of nitrogens with zero attached hydrogens (tertiary/aromatic N) is 1. The first-order valence-electron chi connectivity index (χ1n) is 4.82. The van der Waals surface area contributed by atoms with E-state index in [1.807, 2.05) is 48.1 Å². The molecule has 0 aliphatic carbocycles. The van der Waals surface area contributed by atoms with Gasteiger partial charge >= 0.3 is 0 Å². The summed E-state index contributed by atoms with van der Waals surface area (Å²) in [6.45, 7) is 0. The fourth-order valence-corrected chi connectivity index (χ4v) is 1.73. The number of benzene rings is 1. The zero-order valence-electron chi connectivity index (χ0n) is 8.84. The first-order valence-corrected chi connectivity index (χ1v) is 4.82. The lowest BCUT2D eigenvalue weighted by molar-refractivity contribution is -0.645. The Bertz CT molecular complexity index is 482. The van der Waals surface area contributed by atoms with Crippen LogP contribution in [0.4, 0.5) is 0 Å². The predicted octanol–water partition coefficient (Wildman–Crippen LogP) is 1.30. The molecule has 1 aromatic carbocycles. The van der Waals surface area contributed by atoms with Crippen LogP contribution in [-0.4, -0.2) is 12.2 Å². The Morgan fingerprint density at radius 3 is 2.73 bits per heavy atom. The molecule has 1 atom stereocenters. The van der Waals surface area contributed by atoms with Crippen molar-refractivity contribution in [3.8, 4) is 0 Å². The van der Waals surface area contributed by atoms with Crippen molar-refractivity contribution < 1.29 is 14.4 Å². The summed E-state index contributed by atoms with van der Waals surface area (Å²) in [6.07, 6.45) is 1.05. The number of aromatic nitrogens is 1. The summed E-state index contributed by atoms with van der Waals surface area (Å²) in [6, 6.07) is 9.80. The first-order chi connectivity index (χ1) is 7.24. The van der Waals surface area contributed by atoms with Gasteiger partial charge in [-0.3, -0.25) is 0 Å². The Morgan fingerprint density at radius 1 is 1.27 bits per heavy atom. The van der Waals surface area contributed by atoms with Crippen molar-refractivity contribution in [1.29, 1.82) is 0 Å². The highest BCUT2D eigenvalue weighted by molar-refractivity contribution is 5.79. The van der Waals surface area contributed by atoms with Gasteiger partial charge in [0, 0.05) is 24.8 Å². The highest BCUT2D eigenvalue weighted by atomic mass is 16.6. The molecular formula is C12H14NO2+. The van der Waals surface area contributed by atoms with Gasteiger partial charge in [-0.2, -0.15) is 0 Å². The van der Waals surface area contributed by atoms with Gasteiger partial charge < -0.3 is 9.84 Å². The van der Waals surface area contributed by atoms with E-state index in [0.29, 0.717) is 0 Å². The van der Waals surface area contributed by atoms with E-state index < -0.39 is 6.29 Å². The van der Waals surface area contributed by atoms with Crippen LogP contribution in [0.25, 0.3) is 10.9 Å². The molecule has 1 unspecified atom stereocenters. The second-order valence-electron chi connectivity index (χ2n) is 3.49. The topological polar surface area (TPSA) is 33.3 Å². The van der Waals surface area contributed by atoms with Gasteiger partial charge in [0.25, 0.3) is 0 Å². The molecule has 0 spiro atoms. The van der Waals surface area contributed by atoms with Crippen LogP contribution >= 0.6 is 0 Å². The Balaban J connectivity index is 2.71. The molecule has 2 aromatic rings. The second-order valence-corrected chi connectivity index (χ2v) is 3.49. The molecule has 1 aromatic heterocycles. The molecule has 0 saturated carbocycles. The van der Waals surface area contributed by atoms with Crippen molar-refractivity contribution in [2.45, 2.75) is 6.29 Å². The van der Waals surface area contributed by atoms with Crippen molar-refractivity contribution in [2.24, 2.45) is 7.05 Å². The van der Waals surface area contributed by atoms with Gasteiger partial charge in [-0.1, -0.05) is 12.1 Å². The molecule has 0 radical (unpaired) electrons. The summed E-state index contributed by atoms with van der Waals surface area (Å²) in [4.78, 5) is 0. The fraction of sp³-hybridized carbons (Fsp3) is 0.250. The van der Waals surface area contributed by atoms with E-state index in [9.17, 15) is 5.11 Å². The monoisotopic (exact) mass is 204 g/mol. The van der Waals surface area contributed by atoms with E-state index in [1.54, 1.807) is 0 Å². The summed E-state index contributed by atoms with van der Waals surface area (Å²) in [5.41, 5.74) is 1.87. The zero-order valence-corrected chi connectivity index (χ0v) is 8.84. The number of para-hydroxylation sites is 1. The van der Waals surface area contributed by atoms with E-state index in [4.69, 9.17) is 4.74 Å². The van der Waals surface area contributed by atoms with Gasteiger partial charge in [-0.25, -0.2) is 4.57 Å². The summed E-state index contributed by atoms with van der Waals surface area (Å²) < 4.78 is 6.95. The molecule has 0 fully saturated rings. The molecule has 3 nitrogen and oxygen atoms in total. The molecule has 0 saturated heterocycles. The zero-order chi connectivity index (χ0) is 10.8. The average molecular weight is 204 g/mol. The number of aryl methyl sites for hydroxylation is 1. The highest BCUT2D eigenvalue weighted by Crippen LogP contribution is 2.21. The average Bonchev–Trinajstić information content (AvgIpc) is 2.29. The Morgan fingerprint density at radius 2 is 2.00 bits per heavy atom. The third kappa shape index (κ3) is 1.71. The maximum absolute atomic E-state index is 9.69. The van der Waals surface area contributed by atoms with Crippen molar-refractivity contribution in [1.82, 2.24) is 0 Å². The molecule has 15 heavy (non-hydrogen) atoms. The number of aliphatic hydroxyl groups excluding tert-OH is 1. The first kappa shape index (κ1) is 10.1. The number of hydrogen-bond donors (Lipinski definition) is 1. The molecule has 78 valence electrons. The summed E-state index contributed by atoms with van der Waals surface area (Å²) in [7, 11) is 3.47. The molecule has 3 heteroatoms. The summed E-state index contributed by atoms with van der Waals surface area (Å²) in [5, 5.41) is 10.7. The fourth-order valence-electron chi connectivity index (χ4n) is 1.73. The number of pyridine rings is 1. The molecule has 0 bridgehead atoms. The van der Waals surface area contributed by atoms with E-state index >= 15 is 0 Å². The van der Waals surface area contributed by atoms with Gasteiger partial charge in [-0.15, -0.1) is 0 Å². The van der Waals surface area contributed by atoms with Gasteiger partial charge in [0.05, 0.1) is 5.39 Å². The van der Waals surface area contributed by atoms with E-state index in [-0.39, 0.29) is 0 Å². The number of rotatable bonds is 2.